The molecule has 0 aliphatic carbocycles. The minimum atomic E-state index is 0.126. The van der Waals surface area contributed by atoms with Crippen LogP contribution < -0.4 is 0 Å². The Bertz CT molecular complexity index is 637. The number of hydrogen-bond acceptors (Lipinski definition) is 2. The van der Waals surface area contributed by atoms with E-state index in [1.807, 2.05) is 40.5 Å². The number of thiophene rings is 1. The zero-order valence-electron chi connectivity index (χ0n) is 11.3. The van der Waals surface area contributed by atoms with Gasteiger partial charge in [-0.2, -0.15) is 0 Å². The molecular weight excluding hydrogens is 334 g/mol. The average Bonchev–Trinajstić information content (AvgIpc) is 2.94. The monoisotopic (exact) mass is 349 g/mol. The van der Waals surface area contributed by atoms with Crippen LogP contribution in [0.5, 0.6) is 0 Å². The molecule has 104 valence electrons. The van der Waals surface area contributed by atoms with Crippen LogP contribution in [0.15, 0.2) is 40.2 Å². The lowest BCUT2D eigenvalue weighted by atomic mass is 9.97. The Hall–Kier alpha value is -1.13. The summed E-state index contributed by atoms with van der Waals surface area (Å²) in [5.74, 6) is 0.126. The molecule has 1 aliphatic heterocycles. The Balaban J connectivity index is 1.95. The zero-order chi connectivity index (χ0) is 14.1. The molecule has 4 heteroatoms. The molecule has 0 bridgehead atoms. The highest BCUT2D eigenvalue weighted by Crippen LogP contribution is 2.36. The van der Waals surface area contributed by atoms with Crippen LogP contribution in [0.1, 0.15) is 40.2 Å². The largest absolute Gasteiger partial charge is 0.331 e. The molecule has 0 fully saturated rings. The molecule has 1 aliphatic rings. The number of hydrogen-bond donors (Lipinski definition) is 0. The molecule has 2 aromatic rings. The summed E-state index contributed by atoms with van der Waals surface area (Å²) in [6.07, 6.45) is 1.93. The van der Waals surface area contributed by atoms with Crippen molar-refractivity contribution in [3.63, 3.8) is 0 Å². The predicted octanol–water partition coefficient (Wildman–Crippen LogP) is 4.66. The molecule has 1 amide bonds. The van der Waals surface area contributed by atoms with Gasteiger partial charge in [0.2, 0.25) is 0 Å². The van der Waals surface area contributed by atoms with Crippen LogP contribution in [0.25, 0.3) is 0 Å². The van der Waals surface area contributed by atoms with E-state index in [0.717, 1.165) is 29.4 Å². The molecule has 2 heterocycles. The maximum atomic E-state index is 12.8. The summed E-state index contributed by atoms with van der Waals surface area (Å²) >= 11 is 5.29. The van der Waals surface area contributed by atoms with Gasteiger partial charge in [0.25, 0.3) is 5.91 Å². The summed E-state index contributed by atoms with van der Waals surface area (Å²) < 4.78 is 0.871. The third kappa shape index (κ3) is 2.31. The van der Waals surface area contributed by atoms with Gasteiger partial charge in [-0.25, -0.2) is 0 Å². The van der Waals surface area contributed by atoms with Gasteiger partial charge in [0.15, 0.2) is 0 Å². The summed E-state index contributed by atoms with van der Waals surface area (Å²) in [6, 6.07) is 10.1. The fourth-order valence-electron chi connectivity index (χ4n) is 2.87. The topological polar surface area (TPSA) is 20.3 Å². The molecule has 2 nitrogen and oxygen atoms in total. The van der Waals surface area contributed by atoms with Crippen LogP contribution in [0.4, 0.5) is 0 Å². The van der Waals surface area contributed by atoms with E-state index in [2.05, 4.69) is 34.3 Å². The van der Waals surface area contributed by atoms with E-state index in [-0.39, 0.29) is 11.9 Å². The van der Waals surface area contributed by atoms with Crippen molar-refractivity contribution < 1.29 is 4.79 Å². The summed E-state index contributed by atoms with van der Waals surface area (Å²) in [5.41, 5.74) is 2.09. The van der Waals surface area contributed by atoms with Crippen LogP contribution in [0.2, 0.25) is 0 Å². The Morgan fingerprint density at radius 2 is 2.20 bits per heavy atom. The summed E-state index contributed by atoms with van der Waals surface area (Å²) in [6.45, 7) is 2.96. The Kier molecular flexibility index (Phi) is 3.94. The molecule has 0 N–H and O–H groups in total. The van der Waals surface area contributed by atoms with E-state index >= 15 is 0 Å². The minimum Gasteiger partial charge on any atom is -0.331 e. The Morgan fingerprint density at radius 3 is 2.95 bits per heavy atom. The van der Waals surface area contributed by atoms with Crippen molar-refractivity contribution in [3.8, 4) is 0 Å². The van der Waals surface area contributed by atoms with E-state index in [9.17, 15) is 4.79 Å². The molecular formula is C16H16BrNOS. The Morgan fingerprint density at radius 1 is 1.40 bits per heavy atom. The lowest BCUT2D eigenvalue weighted by molar-refractivity contribution is 0.0656. The molecule has 0 saturated carbocycles. The van der Waals surface area contributed by atoms with Crippen LogP contribution in [-0.2, 0) is 6.42 Å². The van der Waals surface area contributed by atoms with Gasteiger partial charge in [-0.15, -0.1) is 11.3 Å². The van der Waals surface area contributed by atoms with Crippen LogP contribution in [0.3, 0.4) is 0 Å². The van der Waals surface area contributed by atoms with E-state index in [4.69, 9.17) is 0 Å². The smallest absolute Gasteiger partial charge is 0.255 e. The lowest BCUT2D eigenvalue weighted by Gasteiger charge is -2.35. The van der Waals surface area contributed by atoms with Gasteiger partial charge in [-0.3, -0.25) is 4.79 Å². The standard InChI is InChI=1S/C16H16BrNOS/c1-2-14-12-8-10-20-15(12)7-9-18(14)16(19)11-5-3-4-6-13(11)17/h3-6,8,10,14H,2,7,9H2,1H3. The van der Waals surface area contributed by atoms with Gasteiger partial charge >= 0.3 is 0 Å². The van der Waals surface area contributed by atoms with Crippen LogP contribution in [-0.4, -0.2) is 17.4 Å². The third-order valence-corrected chi connectivity index (χ3v) is 5.53. The maximum Gasteiger partial charge on any atom is 0.255 e. The van der Waals surface area contributed by atoms with Gasteiger partial charge in [-0.05, 0) is 57.9 Å². The van der Waals surface area contributed by atoms with Gasteiger partial charge in [-0.1, -0.05) is 19.1 Å². The van der Waals surface area contributed by atoms with E-state index in [0.29, 0.717) is 0 Å². The quantitative estimate of drug-likeness (QED) is 0.771. The first kappa shape index (κ1) is 13.8. The van der Waals surface area contributed by atoms with Crippen LogP contribution >= 0.6 is 27.3 Å². The van der Waals surface area contributed by atoms with Crippen molar-refractivity contribution in [3.05, 3.63) is 56.2 Å². The van der Waals surface area contributed by atoms with Gasteiger partial charge < -0.3 is 4.90 Å². The number of nitrogens with zero attached hydrogens (tertiary/aromatic N) is 1. The average molecular weight is 350 g/mol. The number of benzene rings is 1. The fraction of sp³-hybridized carbons (Fsp3) is 0.312. The number of carbonyl (C=O) groups excluding carboxylic acids is 1. The SMILES string of the molecule is CCC1c2ccsc2CCN1C(=O)c1ccccc1Br. The highest BCUT2D eigenvalue weighted by atomic mass is 79.9. The van der Waals surface area contributed by atoms with Gasteiger partial charge in [0, 0.05) is 15.9 Å². The normalized spacial score (nSPS) is 17.9. The summed E-state index contributed by atoms with van der Waals surface area (Å²) in [4.78, 5) is 16.3. The molecule has 1 unspecified atom stereocenters. The maximum absolute atomic E-state index is 12.8. The van der Waals surface area contributed by atoms with Crippen molar-refractivity contribution in [2.45, 2.75) is 25.8 Å². The van der Waals surface area contributed by atoms with Gasteiger partial charge in [0.1, 0.15) is 0 Å². The Labute approximate surface area is 131 Å². The molecule has 1 atom stereocenters. The first-order valence-corrected chi connectivity index (χ1v) is 8.51. The van der Waals surface area contributed by atoms with Crippen molar-refractivity contribution in [1.82, 2.24) is 4.90 Å². The zero-order valence-corrected chi connectivity index (χ0v) is 13.7. The van der Waals surface area contributed by atoms with Crippen molar-refractivity contribution >= 4 is 33.2 Å². The molecule has 1 aromatic heterocycles. The lowest BCUT2D eigenvalue weighted by Crippen LogP contribution is -2.39. The summed E-state index contributed by atoms with van der Waals surface area (Å²) in [5, 5.41) is 2.14. The second-order valence-corrected chi connectivity index (χ2v) is 6.81. The number of fused-ring (bicyclic) bond motifs is 1. The molecule has 0 saturated heterocycles. The third-order valence-electron chi connectivity index (χ3n) is 3.85. The minimum absolute atomic E-state index is 0.126. The second kappa shape index (κ2) is 5.70. The van der Waals surface area contributed by atoms with Crippen molar-refractivity contribution in [1.29, 1.82) is 0 Å². The van der Waals surface area contributed by atoms with E-state index in [1.54, 1.807) is 0 Å². The first-order valence-electron chi connectivity index (χ1n) is 6.84. The fourth-order valence-corrected chi connectivity index (χ4v) is 4.25. The van der Waals surface area contributed by atoms with E-state index in [1.165, 1.54) is 10.4 Å². The van der Waals surface area contributed by atoms with Gasteiger partial charge in [0.05, 0.1) is 11.6 Å². The highest BCUT2D eigenvalue weighted by Gasteiger charge is 2.31. The number of halogens is 1. The summed E-state index contributed by atoms with van der Waals surface area (Å²) in [7, 11) is 0. The predicted molar refractivity (Wildman–Crippen MR) is 86.2 cm³/mol. The number of rotatable bonds is 2. The highest BCUT2D eigenvalue weighted by molar-refractivity contribution is 9.10. The molecule has 20 heavy (non-hydrogen) atoms. The second-order valence-electron chi connectivity index (χ2n) is 4.95. The molecule has 3 rings (SSSR count). The number of amides is 1. The van der Waals surface area contributed by atoms with Crippen LogP contribution in [0, 0.1) is 0 Å². The number of carbonyl (C=O) groups is 1. The van der Waals surface area contributed by atoms with Crippen molar-refractivity contribution in [2.75, 3.05) is 6.54 Å². The first-order chi connectivity index (χ1) is 9.72. The van der Waals surface area contributed by atoms with E-state index < -0.39 is 0 Å². The molecule has 1 aromatic carbocycles. The molecule has 0 spiro atoms. The molecule has 0 radical (unpaired) electrons. The van der Waals surface area contributed by atoms with Crippen molar-refractivity contribution in [2.24, 2.45) is 0 Å².